The van der Waals surface area contributed by atoms with Gasteiger partial charge in [-0.2, -0.15) is 0 Å². The summed E-state index contributed by atoms with van der Waals surface area (Å²) in [5, 5.41) is 4.09. The Labute approximate surface area is 308 Å². The zero-order valence-corrected chi connectivity index (χ0v) is 35.2. The molecular formula is C43H90N2O4. The Morgan fingerprint density at radius 1 is 0.653 bits per heavy atom. The molecule has 0 aromatic carbocycles. The third kappa shape index (κ3) is 46.9. The lowest BCUT2D eigenvalue weighted by Gasteiger charge is -2.25. The molecule has 0 amide bonds. The predicted octanol–water partition coefficient (Wildman–Crippen LogP) is 13.5. The molecule has 0 aliphatic carbocycles. The van der Waals surface area contributed by atoms with Crippen LogP contribution in [0.3, 0.4) is 0 Å². The molecule has 0 heterocycles. The van der Waals surface area contributed by atoms with Crippen LogP contribution in [0.4, 0.5) is 0 Å². The number of oxime groups is 1. The van der Waals surface area contributed by atoms with E-state index in [4.69, 9.17) is 14.3 Å². The number of carbonyl (C=O) groups is 1. The highest BCUT2D eigenvalue weighted by atomic mass is 16.6. The highest BCUT2D eigenvalue weighted by Gasteiger charge is 2.18. The topological polar surface area (TPSA) is 60.4 Å². The molecule has 0 saturated carbocycles. The Balaban J connectivity index is -0.00000236. The summed E-state index contributed by atoms with van der Waals surface area (Å²) in [7, 11) is 4.17. The number of nitrogens with zero attached hydrogens (tertiary/aromatic N) is 2. The second-order valence-corrected chi connectivity index (χ2v) is 14.5. The monoisotopic (exact) mass is 699 g/mol. The van der Waals surface area contributed by atoms with Crippen LogP contribution in [0.1, 0.15) is 222 Å². The highest BCUT2D eigenvalue weighted by molar-refractivity contribution is 5.69. The molecule has 1 unspecified atom stereocenters. The smallest absolute Gasteiger partial charge is 0.306 e. The second-order valence-electron chi connectivity index (χ2n) is 14.5. The maximum atomic E-state index is 12.2. The molecule has 0 saturated heterocycles. The SMILES string of the molecule is CC.CCCCCCCO/N=C\CCCCCCCCC(CCCCCC(C)(C)OCCCCCCC)OC(=O)CCC.CCCN(C)C. The van der Waals surface area contributed by atoms with Crippen LogP contribution in [0.25, 0.3) is 0 Å². The van der Waals surface area contributed by atoms with Crippen molar-refractivity contribution < 1.29 is 19.1 Å². The summed E-state index contributed by atoms with van der Waals surface area (Å²) in [6.07, 6.45) is 32.3. The highest BCUT2D eigenvalue weighted by Crippen LogP contribution is 2.22. The van der Waals surface area contributed by atoms with Crippen molar-refractivity contribution in [2.24, 2.45) is 5.16 Å². The van der Waals surface area contributed by atoms with Crippen molar-refractivity contribution in [2.45, 2.75) is 234 Å². The summed E-state index contributed by atoms with van der Waals surface area (Å²) in [4.78, 5) is 19.7. The molecule has 0 N–H and O–H groups in total. The first-order valence-electron chi connectivity index (χ1n) is 21.3. The van der Waals surface area contributed by atoms with Gasteiger partial charge in [0, 0.05) is 19.2 Å². The van der Waals surface area contributed by atoms with Gasteiger partial charge in [0.05, 0.1) is 5.60 Å². The van der Waals surface area contributed by atoms with E-state index in [1.54, 1.807) is 0 Å². The normalized spacial score (nSPS) is 12.0. The first kappa shape index (κ1) is 52.2. The van der Waals surface area contributed by atoms with E-state index in [-0.39, 0.29) is 17.7 Å². The van der Waals surface area contributed by atoms with Gasteiger partial charge in [0.1, 0.15) is 12.7 Å². The predicted molar refractivity (Wildman–Crippen MR) is 217 cm³/mol. The molecule has 0 rings (SSSR count). The fourth-order valence-corrected chi connectivity index (χ4v) is 5.63. The third-order valence-corrected chi connectivity index (χ3v) is 8.57. The standard InChI is InChI=1S/C36H71NO4.C5H13N.C2H6/c1-6-9-11-18-25-32-39-36(4,5)30-23-20-22-29-34(41-35(38)27-8-3)28-21-16-14-13-15-17-24-31-37-40-33-26-19-12-10-7-2;1-4-5-6(2)3;1-2/h31,34H,6-30,32-33H2,1-5H3;4-5H2,1-3H3;1-2H3/b37-31-;;. The Bertz CT molecular complexity index is 654. The van der Waals surface area contributed by atoms with E-state index in [9.17, 15) is 4.79 Å². The molecule has 6 heteroatoms. The lowest BCUT2D eigenvalue weighted by molar-refractivity contribution is -0.149. The lowest BCUT2D eigenvalue weighted by atomic mass is 9.98. The summed E-state index contributed by atoms with van der Waals surface area (Å²) in [6, 6.07) is 0. The first-order chi connectivity index (χ1) is 23.7. The van der Waals surface area contributed by atoms with E-state index in [0.29, 0.717) is 6.42 Å². The maximum Gasteiger partial charge on any atom is 0.306 e. The van der Waals surface area contributed by atoms with E-state index >= 15 is 0 Å². The molecular weight excluding hydrogens is 608 g/mol. The summed E-state index contributed by atoms with van der Waals surface area (Å²) in [5.41, 5.74) is -0.0358. The van der Waals surface area contributed by atoms with E-state index in [1.807, 2.05) is 27.0 Å². The van der Waals surface area contributed by atoms with Gasteiger partial charge in [-0.15, -0.1) is 0 Å². The maximum absolute atomic E-state index is 12.2. The molecule has 0 spiro atoms. The molecule has 0 aromatic heterocycles. The number of ether oxygens (including phenoxy) is 2. The molecule has 6 nitrogen and oxygen atoms in total. The Morgan fingerprint density at radius 2 is 1.16 bits per heavy atom. The molecule has 0 aliphatic rings. The second kappa shape index (κ2) is 43.0. The summed E-state index contributed by atoms with van der Waals surface area (Å²) >= 11 is 0. The Hall–Kier alpha value is -1.14. The average Bonchev–Trinajstić information content (AvgIpc) is 3.07. The minimum atomic E-state index is -0.0358. The third-order valence-electron chi connectivity index (χ3n) is 8.57. The van der Waals surface area contributed by atoms with Crippen molar-refractivity contribution in [1.82, 2.24) is 4.90 Å². The van der Waals surface area contributed by atoms with Crippen molar-refractivity contribution in [3.05, 3.63) is 0 Å². The van der Waals surface area contributed by atoms with Crippen LogP contribution in [0.5, 0.6) is 0 Å². The van der Waals surface area contributed by atoms with Crippen molar-refractivity contribution >= 4 is 12.2 Å². The number of rotatable bonds is 34. The molecule has 0 fully saturated rings. The minimum Gasteiger partial charge on any atom is -0.462 e. The zero-order chi connectivity index (χ0) is 37.3. The van der Waals surface area contributed by atoms with Crippen LogP contribution >= 0.6 is 0 Å². The first-order valence-corrected chi connectivity index (χ1v) is 21.3. The Kier molecular flexibility index (Phi) is 45.9. The van der Waals surface area contributed by atoms with Crippen LogP contribution in [0, 0.1) is 0 Å². The van der Waals surface area contributed by atoms with Gasteiger partial charge in [0.15, 0.2) is 0 Å². The van der Waals surface area contributed by atoms with Gasteiger partial charge in [-0.1, -0.05) is 130 Å². The van der Waals surface area contributed by atoms with E-state index in [0.717, 1.165) is 64.6 Å². The van der Waals surface area contributed by atoms with Gasteiger partial charge in [-0.05, 0) is 112 Å². The van der Waals surface area contributed by atoms with Crippen LogP contribution in [0.2, 0.25) is 0 Å². The van der Waals surface area contributed by atoms with Crippen molar-refractivity contribution in [2.75, 3.05) is 33.9 Å². The molecule has 1 atom stereocenters. The van der Waals surface area contributed by atoms with Crippen LogP contribution in [-0.2, 0) is 19.1 Å². The number of esters is 1. The summed E-state index contributed by atoms with van der Waals surface area (Å²) in [6.45, 7) is 20.0. The van der Waals surface area contributed by atoms with E-state index in [1.165, 1.54) is 116 Å². The molecule has 49 heavy (non-hydrogen) atoms. The molecule has 0 aromatic rings. The largest absolute Gasteiger partial charge is 0.462 e. The van der Waals surface area contributed by atoms with Gasteiger partial charge in [0.2, 0.25) is 0 Å². The molecule has 296 valence electrons. The quantitative estimate of drug-likeness (QED) is 0.0290. The van der Waals surface area contributed by atoms with Crippen LogP contribution in [-0.4, -0.2) is 62.6 Å². The lowest BCUT2D eigenvalue weighted by Crippen LogP contribution is -2.25. The van der Waals surface area contributed by atoms with Gasteiger partial charge in [-0.25, -0.2) is 0 Å². The Morgan fingerprint density at radius 3 is 1.69 bits per heavy atom. The minimum absolute atomic E-state index is 0.0203. The number of hydrogen-bond acceptors (Lipinski definition) is 6. The fourth-order valence-electron chi connectivity index (χ4n) is 5.63. The summed E-state index contributed by atoms with van der Waals surface area (Å²) in [5.74, 6) is -0.0203. The molecule has 0 bridgehead atoms. The van der Waals surface area contributed by atoms with Crippen molar-refractivity contribution in [3.63, 3.8) is 0 Å². The van der Waals surface area contributed by atoms with Crippen molar-refractivity contribution in [3.8, 4) is 0 Å². The van der Waals surface area contributed by atoms with Crippen molar-refractivity contribution in [1.29, 1.82) is 0 Å². The van der Waals surface area contributed by atoms with Crippen LogP contribution in [0.15, 0.2) is 5.16 Å². The van der Waals surface area contributed by atoms with E-state index < -0.39 is 0 Å². The van der Waals surface area contributed by atoms with Gasteiger partial charge in [0.25, 0.3) is 0 Å². The van der Waals surface area contributed by atoms with Crippen LogP contribution < -0.4 is 0 Å². The molecule has 0 aliphatic heterocycles. The zero-order valence-electron chi connectivity index (χ0n) is 35.2. The molecule has 0 radical (unpaired) electrons. The number of unbranched alkanes of at least 4 members (excludes halogenated alkanes) is 16. The number of hydrogen-bond donors (Lipinski definition) is 0. The fraction of sp³-hybridized carbons (Fsp3) is 0.953. The van der Waals surface area contributed by atoms with Gasteiger partial charge >= 0.3 is 5.97 Å². The van der Waals surface area contributed by atoms with E-state index in [2.05, 4.69) is 58.8 Å². The van der Waals surface area contributed by atoms with Gasteiger partial charge < -0.3 is 19.2 Å². The average molecular weight is 699 g/mol. The number of carbonyl (C=O) groups excluding carboxylic acids is 1. The summed E-state index contributed by atoms with van der Waals surface area (Å²) < 4.78 is 12.0. The van der Waals surface area contributed by atoms with Gasteiger partial charge in [-0.3, -0.25) is 4.79 Å².